The quantitative estimate of drug-likeness (QED) is 0.687. The fourth-order valence-electron chi connectivity index (χ4n) is 2.83. The minimum absolute atomic E-state index is 0.145. The van der Waals surface area contributed by atoms with E-state index in [-0.39, 0.29) is 17.6 Å². The van der Waals surface area contributed by atoms with E-state index in [1.165, 1.54) is 23.7 Å². The lowest BCUT2D eigenvalue weighted by Gasteiger charge is -2.30. The van der Waals surface area contributed by atoms with Crippen LogP contribution in [0.4, 0.5) is 5.95 Å². The van der Waals surface area contributed by atoms with E-state index in [0.717, 1.165) is 10.3 Å². The summed E-state index contributed by atoms with van der Waals surface area (Å²) in [5, 5.41) is 5.97. The molecule has 3 heterocycles. The van der Waals surface area contributed by atoms with Crippen molar-refractivity contribution < 1.29 is 9.53 Å². The van der Waals surface area contributed by atoms with Gasteiger partial charge in [0.05, 0.1) is 19.4 Å². The molecule has 26 heavy (non-hydrogen) atoms. The Labute approximate surface area is 149 Å². The molecule has 10 nitrogen and oxygen atoms in total. The van der Waals surface area contributed by atoms with Gasteiger partial charge < -0.3 is 4.74 Å². The van der Waals surface area contributed by atoms with Crippen LogP contribution in [0, 0.1) is 5.41 Å². The zero-order valence-electron chi connectivity index (χ0n) is 15.7. The van der Waals surface area contributed by atoms with Crippen LogP contribution in [0.25, 0.3) is 11.2 Å². The Morgan fingerprint density at radius 3 is 2.42 bits per heavy atom. The van der Waals surface area contributed by atoms with Crippen molar-refractivity contribution in [3.63, 3.8) is 0 Å². The lowest BCUT2D eigenvalue weighted by atomic mass is 9.89. The molecule has 3 rings (SSSR count). The molecule has 0 radical (unpaired) electrons. The predicted octanol–water partition coefficient (Wildman–Crippen LogP) is -0.171. The number of hydrogen-bond acceptors (Lipinski definition) is 7. The van der Waals surface area contributed by atoms with Crippen LogP contribution in [0.2, 0.25) is 0 Å². The molecule has 0 spiro atoms. The van der Waals surface area contributed by atoms with Crippen molar-refractivity contribution in [3.8, 4) is 0 Å². The molecule has 0 saturated carbocycles. The number of anilines is 1. The largest absolute Gasteiger partial charge is 0.468 e. The summed E-state index contributed by atoms with van der Waals surface area (Å²) in [5.74, 6) is -0.152. The van der Waals surface area contributed by atoms with E-state index >= 15 is 0 Å². The fourth-order valence-corrected chi connectivity index (χ4v) is 2.83. The molecule has 0 amide bonds. The topological polar surface area (TPSA) is 104 Å². The number of methoxy groups -OCH3 is 1. The van der Waals surface area contributed by atoms with Crippen LogP contribution in [0.3, 0.4) is 0 Å². The van der Waals surface area contributed by atoms with Crippen molar-refractivity contribution >= 4 is 28.8 Å². The Kier molecular flexibility index (Phi) is 4.01. The number of hydrogen-bond donors (Lipinski definition) is 0. The second-order valence-electron chi connectivity index (χ2n) is 7.31. The number of carbonyl (C=O) groups is 1. The van der Waals surface area contributed by atoms with Crippen LogP contribution in [-0.4, -0.2) is 44.0 Å². The minimum Gasteiger partial charge on any atom is -0.468 e. The van der Waals surface area contributed by atoms with Gasteiger partial charge in [0.1, 0.15) is 6.54 Å². The van der Waals surface area contributed by atoms with E-state index in [9.17, 15) is 14.4 Å². The van der Waals surface area contributed by atoms with Gasteiger partial charge in [0, 0.05) is 19.5 Å². The Morgan fingerprint density at radius 2 is 1.85 bits per heavy atom. The Bertz CT molecular complexity index is 1050. The minimum atomic E-state index is -0.482. The van der Waals surface area contributed by atoms with E-state index in [1.54, 1.807) is 11.6 Å². The van der Waals surface area contributed by atoms with E-state index < -0.39 is 17.2 Å². The summed E-state index contributed by atoms with van der Waals surface area (Å²) in [5.41, 5.74) is 0.159. The Morgan fingerprint density at radius 1 is 1.19 bits per heavy atom. The average molecular weight is 362 g/mol. The Hall–Kier alpha value is -2.91. The van der Waals surface area contributed by atoms with Crippen molar-refractivity contribution in [3.05, 3.63) is 20.8 Å². The first-order valence-corrected chi connectivity index (χ1v) is 8.14. The number of hydrazone groups is 1. The van der Waals surface area contributed by atoms with Gasteiger partial charge in [0.15, 0.2) is 11.2 Å². The molecule has 0 atom stereocenters. The Balaban J connectivity index is 2.32. The molecule has 0 aliphatic carbocycles. The van der Waals surface area contributed by atoms with Crippen molar-refractivity contribution in [1.82, 2.24) is 18.7 Å². The van der Waals surface area contributed by atoms with Crippen LogP contribution in [0.1, 0.15) is 20.8 Å². The van der Waals surface area contributed by atoms with Crippen LogP contribution in [0.5, 0.6) is 0 Å². The highest BCUT2D eigenvalue weighted by atomic mass is 16.5. The summed E-state index contributed by atoms with van der Waals surface area (Å²) in [6.45, 7) is 6.20. The summed E-state index contributed by atoms with van der Waals surface area (Å²) < 4.78 is 8.80. The molecule has 0 saturated heterocycles. The van der Waals surface area contributed by atoms with Crippen LogP contribution in [-0.2, 0) is 30.2 Å². The summed E-state index contributed by atoms with van der Waals surface area (Å²) in [6.07, 6.45) is 0. The first kappa shape index (κ1) is 17.9. The number of aryl methyl sites for hydroxylation is 1. The van der Waals surface area contributed by atoms with E-state index in [2.05, 4.69) is 10.1 Å². The molecular weight excluding hydrogens is 340 g/mol. The highest BCUT2D eigenvalue weighted by molar-refractivity contribution is 5.93. The number of imidazole rings is 1. The first-order valence-electron chi connectivity index (χ1n) is 8.14. The first-order chi connectivity index (χ1) is 12.1. The predicted molar refractivity (Wildman–Crippen MR) is 96.5 cm³/mol. The third-order valence-electron chi connectivity index (χ3n) is 4.48. The number of fused-ring (bicyclic) bond motifs is 3. The molecule has 1 aliphatic rings. The van der Waals surface area contributed by atoms with Gasteiger partial charge in [-0.25, -0.2) is 9.80 Å². The highest BCUT2D eigenvalue weighted by Gasteiger charge is 2.32. The van der Waals surface area contributed by atoms with Gasteiger partial charge in [0.2, 0.25) is 5.95 Å². The third kappa shape index (κ3) is 2.61. The average Bonchev–Trinajstić information content (AvgIpc) is 2.97. The van der Waals surface area contributed by atoms with Gasteiger partial charge >= 0.3 is 11.7 Å². The number of esters is 1. The summed E-state index contributed by atoms with van der Waals surface area (Å²) in [7, 11) is 4.28. The zero-order valence-corrected chi connectivity index (χ0v) is 15.7. The van der Waals surface area contributed by atoms with Crippen LogP contribution in [0.15, 0.2) is 14.7 Å². The van der Waals surface area contributed by atoms with Gasteiger partial charge in [-0.15, -0.1) is 0 Å². The molecule has 2 aromatic rings. The molecular formula is C16H22N6O4. The number of carbonyl (C=O) groups excluding carboxylic acids is 1. The third-order valence-corrected chi connectivity index (χ3v) is 4.48. The molecule has 0 aromatic carbocycles. The molecule has 1 aliphatic heterocycles. The second-order valence-corrected chi connectivity index (χ2v) is 7.31. The van der Waals surface area contributed by atoms with Crippen molar-refractivity contribution in [1.29, 1.82) is 0 Å². The van der Waals surface area contributed by atoms with Crippen molar-refractivity contribution in [2.75, 3.05) is 18.7 Å². The molecule has 0 bridgehead atoms. The summed E-state index contributed by atoms with van der Waals surface area (Å²) in [4.78, 5) is 41.2. The lowest BCUT2D eigenvalue weighted by Crippen LogP contribution is -2.40. The molecule has 0 unspecified atom stereocenters. The summed E-state index contributed by atoms with van der Waals surface area (Å²) >= 11 is 0. The SMILES string of the molecule is COC(=O)CN1N=C(C(C)(C)C)Cn2c1nc1c2c(=O)n(C)c(=O)n1C. The number of aromatic nitrogens is 4. The standard InChI is InChI=1S/C16H22N6O4/c1-16(2,3)9-7-21-11-12(19(4)15(25)20(5)13(11)24)17-14(21)22(18-9)8-10(23)26-6/h7-8H2,1-6H3. The van der Waals surface area contributed by atoms with Crippen molar-refractivity contribution in [2.45, 2.75) is 27.3 Å². The van der Waals surface area contributed by atoms with Crippen molar-refractivity contribution in [2.24, 2.45) is 24.6 Å². The molecule has 0 N–H and O–H groups in total. The smallest absolute Gasteiger partial charge is 0.332 e. The van der Waals surface area contributed by atoms with E-state index in [0.29, 0.717) is 18.0 Å². The highest BCUT2D eigenvalue weighted by Crippen LogP contribution is 2.28. The molecule has 0 fully saturated rings. The summed E-state index contributed by atoms with van der Waals surface area (Å²) in [6, 6.07) is 0. The molecule has 10 heteroatoms. The number of nitrogens with zero attached hydrogens (tertiary/aromatic N) is 6. The number of rotatable bonds is 2. The molecule has 2 aromatic heterocycles. The van der Waals surface area contributed by atoms with Crippen LogP contribution >= 0.6 is 0 Å². The van der Waals surface area contributed by atoms with E-state index in [1.807, 2.05) is 20.8 Å². The van der Waals surface area contributed by atoms with Gasteiger partial charge in [-0.3, -0.25) is 23.3 Å². The van der Waals surface area contributed by atoms with Crippen LogP contribution < -0.4 is 16.3 Å². The lowest BCUT2D eigenvalue weighted by molar-refractivity contribution is -0.139. The number of ether oxygens (including phenoxy) is 1. The monoisotopic (exact) mass is 362 g/mol. The van der Waals surface area contributed by atoms with Gasteiger partial charge in [-0.2, -0.15) is 10.1 Å². The second kappa shape index (κ2) is 5.82. The molecule has 140 valence electrons. The van der Waals surface area contributed by atoms with Gasteiger partial charge in [-0.05, 0) is 0 Å². The maximum absolute atomic E-state index is 12.7. The normalized spacial score (nSPS) is 14.4. The van der Waals surface area contributed by atoms with Gasteiger partial charge in [-0.1, -0.05) is 20.8 Å². The van der Waals surface area contributed by atoms with Gasteiger partial charge in [0.25, 0.3) is 5.56 Å². The van der Waals surface area contributed by atoms with E-state index in [4.69, 9.17) is 4.74 Å². The maximum Gasteiger partial charge on any atom is 0.332 e. The maximum atomic E-state index is 12.7. The fraction of sp³-hybridized carbons (Fsp3) is 0.562. The zero-order chi connectivity index (χ0) is 19.4.